The Morgan fingerprint density at radius 3 is 2.58 bits per heavy atom. The van der Waals surface area contributed by atoms with Gasteiger partial charge in [-0.25, -0.2) is 9.78 Å². The highest BCUT2D eigenvalue weighted by atomic mass is 19.4. The minimum Gasteiger partial charge on any atom is -0.475 e. The van der Waals surface area contributed by atoms with Gasteiger partial charge < -0.3 is 19.0 Å². The number of amides is 1. The number of carbonyl (C=O) groups excluding carboxylic acids is 1. The van der Waals surface area contributed by atoms with Crippen molar-refractivity contribution < 1.29 is 32.3 Å². The van der Waals surface area contributed by atoms with Gasteiger partial charge in [-0.1, -0.05) is 0 Å². The topological polar surface area (TPSA) is 91.8 Å². The number of imidazole rings is 1. The smallest absolute Gasteiger partial charge is 0.475 e. The Labute approximate surface area is 177 Å². The van der Waals surface area contributed by atoms with E-state index in [0.717, 1.165) is 49.9 Å². The molecule has 11 heteroatoms. The van der Waals surface area contributed by atoms with Gasteiger partial charge in [0.1, 0.15) is 11.6 Å². The highest BCUT2D eigenvalue weighted by molar-refractivity contribution is 5.76. The van der Waals surface area contributed by atoms with Gasteiger partial charge in [0.05, 0.1) is 25.0 Å². The van der Waals surface area contributed by atoms with Gasteiger partial charge >= 0.3 is 12.1 Å². The summed E-state index contributed by atoms with van der Waals surface area (Å²) in [6, 6.07) is 3.89. The fourth-order valence-corrected chi connectivity index (χ4v) is 3.30. The predicted molar refractivity (Wildman–Crippen MR) is 103 cm³/mol. The minimum atomic E-state index is -5.08. The molecule has 0 radical (unpaired) electrons. The normalized spacial score (nSPS) is 16.0. The fraction of sp³-hybridized carbons (Fsp3) is 0.550. The van der Waals surface area contributed by atoms with Crippen molar-refractivity contribution in [2.75, 3.05) is 13.6 Å². The van der Waals surface area contributed by atoms with Crippen LogP contribution in [0.25, 0.3) is 0 Å². The molecule has 2 aromatic heterocycles. The van der Waals surface area contributed by atoms with Crippen LogP contribution in [0.5, 0.6) is 0 Å². The summed E-state index contributed by atoms with van der Waals surface area (Å²) in [5.74, 6) is 0.144. The summed E-state index contributed by atoms with van der Waals surface area (Å²) < 4.78 is 39.3. The first-order valence-corrected chi connectivity index (χ1v) is 9.95. The summed E-state index contributed by atoms with van der Waals surface area (Å²) in [6.45, 7) is 3.84. The van der Waals surface area contributed by atoms with Crippen LogP contribution < -0.4 is 0 Å². The number of halogens is 3. The number of carboxylic acids is 1. The van der Waals surface area contributed by atoms with Crippen LogP contribution in [-0.4, -0.2) is 56.1 Å². The Bertz CT molecular complexity index is 891. The average Bonchev–Trinajstić information content (AvgIpc) is 3.18. The van der Waals surface area contributed by atoms with E-state index in [-0.39, 0.29) is 0 Å². The van der Waals surface area contributed by atoms with E-state index >= 15 is 0 Å². The summed E-state index contributed by atoms with van der Waals surface area (Å²) in [5, 5.41) is 7.12. The van der Waals surface area contributed by atoms with E-state index in [4.69, 9.17) is 19.3 Å². The lowest BCUT2D eigenvalue weighted by molar-refractivity contribution is -0.192. The van der Waals surface area contributed by atoms with Gasteiger partial charge in [-0.15, -0.1) is 0 Å². The van der Waals surface area contributed by atoms with Gasteiger partial charge in [0, 0.05) is 32.3 Å². The standard InChI is InChI=1S/C18H24N4O2.C2HF3O2/c1-20(12-16-3-2-8-24-16)10-15-11-21-6-7-22(13-17(21)19-15)18(23)9-14-4-5-14;3-2(4,5)1(6)7/h2-3,8,11,14H,4-7,9-10,12-13H2,1H3;(H,6,7). The molecule has 8 nitrogen and oxygen atoms in total. The molecule has 1 aliphatic heterocycles. The number of fused-ring (bicyclic) bond motifs is 1. The minimum absolute atomic E-state index is 0.295. The van der Waals surface area contributed by atoms with E-state index in [9.17, 15) is 18.0 Å². The van der Waals surface area contributed by atoms with Crippen molar-refractivity contribution in [3.05, 3.63) is 41.9 Å². The SMILES string of the molecule is CN(Cc1cn2c(n1)CN(C(=O)CC1CC1)CC2)Cc1ccco1.O=C(O)C(F)(F)F. The van der Waals surface area contributed by atoms with E-state index in [2.05, 4.69) is 22.7 Å². The molecule has 1 aliphatic carbocycles. The number of carboxylic acid groups (broad SMARTS) is 1. The van der Waals surface area contributed by atoms with E-state index < -0.39 is 12.1 Å². The molecule has 3 heterocycles. The number of carbonyl (C=O) groups is 2. The largest absolute Gasteiger partial charge is 0.490 e. The molecule has 2 aliphatic rings. The van der Waals surface area contributed by atoms with Crippen molar-refractivity contribution in [1.29, 1.82) is 0 Å². The Kier molecular flexibility index (Phi) is 7.04. The van der Waals surface area contributed by atoms with Gasteiger partial charge in [-0.3, -0.25) is 9.69 Å². The molecule has 0 bridgehead atoms. The van der Waals surface area contributed by atoms with Gasteiger partial charge in [0.25, 0.3) is 0 Å². The van der Waals surface area contributed by atoms with Crippen LogP contribution in [0.2, 0.25) is 0 Å². The second kappa shape index (κ2) is 9.54. The zero-order valence-corrected chi connectivity index (χ0v) is 17.1. The highest BCUT2D eigenvalue weighted by Crippen LogP contribution is 2.33. The van der Waals surface area contributed by atoms with Crippen molar-refractivity contribution in [1.82, 2.24) is 19.4 Å². The Morgan fingerprint density at radius 2 is 2.00 bits per heavy atom. The van der Waals surface area contributed by atoms with Gasteiger partial charge in [-0.05, 0) is 37.9 Å². The van der Waals surface area contributed by atoms with Crippen molar-refractivity contribution in [3.8, 4) is 0 Å². The Morgan fingerprint density at radius 1 is 1.29 bits per heavy atom. The summed E-state index contributed by atoms with van der Waals surface area (Å²) >= 11 is 0. The molecule has 0 atom stereocenters. The van der Waals surface area contributed by atoms with Crippen LogP contribution >= 0.6 is 0 Å². The summed E-state index contributed by atoms with van der Waals surface area (Å²) in [6.07, 6.45) is 1.91. The molecule has 1 N–H and O–H groups in total. The number of rotatable bonds is 6. The zero-order valence-electron chi connectivity index (χ0n) is 17.1. The third kappa shape index (κ3) is 6.84. The maximum absolute atomic E-state index is 12.3. The number of hydrogen-bond acceptors (Lipinski definition) is 5. The third-order valence-electron chi connectivity index (χ3n) is 5.05. The van der Waals surface area contributed by atoms with Crippen molar-refractivity contribution in [3.63, 3.8) is 0 Å². The number of hydrogen-bond donors (Lipinski definition) is 1. The molecule has 4 rings (SSSR count). The summed E-state index contributed by atoms with van der Waals surface area (Å²) in [5.41, 5.74) is 1.05. The van der Waals surface area contributed by atoms with Gasteiger partial charge in [0.15, 0.2) is 0 Å². The van der Waals surface area contributed by atoms with Crippen LogP contribution in [0.4, 0.5) is 13.2 Å². The second-order valence-electron chi connectivity index (χ2n) is 7.86. The van der Waals surface area contributed by atoms with Crippen LogP contribution in [0.15, 0.2) is 29.0 Å². The van der Waals surface area contributed by atoms with Crippen LogP contribution in [0.1, 0.15) is 36.5 Å². The first-order valence-electron chi connectivity index (χ1n) is 9.95. The molecule has 170 valence electrons. The highest BCUT2D eigenvalue weighted by Gasteiger charge is 2.38. The lowest BCUT2D eigenvalue weighted by Crippen LogP contribution is -2.38. The van der Waals surface area contributed by atoms with E-state index in [1.165, 1.54) is 12.8 Å². The molecule has 0 saturated heterocycles. The monoisotopic (exact) mass is 442 g/mol. The van der Waals surface area contributed by atoms with Crippen molar-refractivity contribution >= 4 is 11.9 Å². The number of alkyl halides is 3. The van der Waals surface area contributed by atoms with Crippen LogP contribution in [0, 0.1) is 5.92 Å². The molecule has 1 saturated carbocycles. The Hall–Kier alpha value is -2.82. The lowest BCUT2D eigenvalue weighted by Gasteiger charge is -2.27. The number of furan rings is 1. The maximum Gasteiger partial charge on any atom is 0.490 e. The molecular formula is C20H25F3N4O4. The molecule has 0 unspecified atom stereocenters. The molecule has 0 aromatic carbocycles. The molecular weight excluding hydrogens is 417 g/mol. The zero-order chi connectivity index (χ0) is 22.6. The van der Waals surface area contributed by atoms with E-state index in [1.807, 2.05) is 17.0 Å². The molecule has 0 spiro atoms. The predicted octanol–water partition coefficient (Wildman–Crippen LogP) is 2.88. The van der Waals surface area contributed by atoms with Crippen LogP contribution in [-0.2, 0) is 35.8 Å². The molecule has 2 aromatic rings. The summed E-state index contributed by atoms with van der Waals surface area (Å²) in [7, 11) is 2.06. The third-order valence-corrected chi connectivity index (χ3v) is 5.05. The number of aliphatic carboxylic acids is 1. The van der Waals surface area contributed by atoms with Crippen molar-refractivity contribution in [2.45, 2.75) is 51.6 Å². The second-order valence-corrected chi connectivity index (χ2v) is 7.86. The average molecular weight is 442 g/mol. The summed E-state index contributed by atoms with van der Waals surface area (Å²) in [4.78, 5) is 30.1. The molecule has 1 amide bonds. The number of aromatic nitrogens is 2. The quantitative estimate of drug-likeness (QED) is 0.740. The molecule has 1 fully saturated rings. The fourth-order valence-electron chi connectivity index (χ4n) is 3.30. The lowest BCUT2D eigenvalue weighted by atomic mass is 10.2. The van der Waals surface area contributed by atoms with E-state index in [1.54, 1.807) is 6.26 Å². The van der Waals surface area contributed by atoms with Crippen LogP contribution in [0.3, 0.4) is 0 Å². The first-order chi connectivity index (χ1) is 14.6. The molecule has 31 heavy (non-hydrogen) atoms. The number of nitrogens with zero attached hydrogens (tertiary/aromatic N) is 4. The Balaban J connectivity index is 0.000000339. The van der Waals surface area contributed by atoms with E-state index in [0.29, 0.717) is 18.4 Å². The van der Waals surface area contributed by atoms with Crippen molar-refractivity contribution in [2.24, 2.45) is 5.92 Å². The van der Waals surface area contributed by atoms with Gasteiger partial charge in [-0.2, -0.15) is 13.2 Å². The maximum atomic E-state index is 12.3. The van der Waals surface area contributed by atoms with Gasteiger partial charge in [0.2, 0.25) is 5.91 Å². The first kappa shape index (κ1) is 22.9.